The molecule has 8 rings (SSSR count). The second kappa shape index (κ2) is 12.9. The van der Waals surface area contributed by atoms with Crippen molar-refractivity contribution in [1.29, 1.82) is 0 Å². The van der Waals surface area contributed by atoms with Crippen LogP contribution in [-0.4, -0.2) is 73.8 Å². The second-order valence-electron chi connectivity index (χ2n) is 15.0. The summed E-state index contributed by atoms with van der Waals surface area (Å²) in [5.41, 5.74) is 7.61. The van der Waals surface area contributed by atoms with Crippen LogP contribution in [0.15, 0.2) is 66.7 Å². The van der Waals surface area contributed by atoms with Crippen LogP contribution in [0, 0.1) is 11.8 Å². The van der Waals surface area contributed by atoms with Crippen molar-refractivity contribution >= 4 is 12.0 Å². The monoisotopic (exact) mass is 647 g/mol. The highest BCUT2D eigenvalue weighted by Gasteiger charge is 2.51. The molecule has 2 bridgehead atoms. The molecular formula is C41H49N3O4. The molecule has 2 saturated heterocycles. The lowest BCUT2D eigenvalue weighted by molar-refractivity contribution is -0.127. The average Bonchev–Trinajstić information content (AvgIpc) is 3.89. The van der Waals surface area contributed by atoms with E-state index in [4.69, 9.17) is 9.47 Å². The number of likely N-dealkylation sites (tertiary alicyclic amines) is 2. The van der Waals surface area contributed by atoms with Gasteiger partial charge in [-0.25, -0.2) is 4.79 Å². The number of carbonyl (C=O) groups is 2. The van der Waals surface area contributed by atoms with Crippen molar-refractivity contribution < 1.29 is 19.1 Å². The third-order valence-electron chi connectivity index (χ3n) is 12.5. The molecule has 3 aliphatic carbocycles. The largest absolute Gasteiger partial charge is 0.497 e. The maximum Gasteiger partial charge on any atom is 0.410 e. The third kappa shape index (κ3) is 5.58. The summed E-state index contributed by atoms with van der Waals surface area (Å²) in [5, 5.41) is 3.31. The van der Waals surface area contributed by atoms with Gasteiger partial charge in [-0.1, -0.05) is 61.5 Å². The minimum atomic E-state index is -0.504. The predicted molar refractivity (Wildman–Crippen MR) is 187 cm³/mol. The van der Waals surface area contributed by atoms with Crippen molar-refractivity contribution in [3.63, 3.8) is 0 Å². The van der Waals surface area contributed by atoms with E-state index in [1.807, 2.05) is 12.1 Å². The summed E-state index contributed by atoms with van der Waals surface area (Å²) in [6.07, 6.45) is 7.88. The van der Waals surface area contributed by atoms with Crippen LogP contribution < -0.4 is 10.1 Å². The Morgan fingerprint density at radius 2 is 1.69 bits per heavy atom. The summed E-state index contributed by atoms with van der Waals surface area (Å²) in [5.74, 6) is 2.20. The van der Waals surface area contributed by atoms with E-state index < -0.39 is 6.04 Å². The maximum atomic E-state index is 13.8. The van der Waals surface area contributed by atoms with Crippen molar-refractivity contribution in [2.45, 2.75) is 81.7 Å². The third-order valence-corrected chi connectivity index (χ3v) is 12.5. The summed E-state index contributed by atoms with van der Waals surface area (Å²) in [6.45, 7) is 6.16. The molecule has 252 valence electrons. The fourth-order valence-corrected chi connectivity index (χ4v) is 9.63. The zero-order valence-electron chi connectivity index (χ0n) is 28.5. The van der Waals surface area contributed by atoms with E-state index in [0.29, 0.717) is 31.5 Å². The van der Waals surface area contributed by atoms with Crippen molar-refractivity contribution in [2.24, 2.45) is 11.8 Å². The number of piperidine rings is 2. The number of ether oxygens (including phenoxy) is 2. The molecule has 7 heteroatoms. The molecule has 4 atom stereocenters. The van der Waals surface area contributed by atoms with Gasteiger partial charge in [0.05, 0.1) is 7.11 Å². The van der Waals surface area contributed by atoms with E-state index in [2.05, 4.69) is 71.7 Å². The summed E-state index contributed by atoms with van der Waals surface area (Å²) in [6, 6.07) is 23.4. The summed E-state index contributed by atoms with van der Waals surface area (Å²) >= 11 is 0. The molecule has 0 radical (unpaired) electrons. The van der Waals surface area contributed by atoms with Gasteiger partial charge in [0, 0.05) is 37.0 Å². The van der Waals surface area contributed by atoms with Gasteiger partial charge < -0.3 is 14.8 Å². The normalized spacial score (nSPS) is 26.3. The molecule has 48 heavy (non-hydrogen) atoms. The SMILES string of the molecule is COc1ccc2c(c1)[C@]1(CCNC(=O)[C@@H]3CCCCN3C(=O)OCC3c4ccccc4-c4ccccc43)CCN(CC3CC3)[C@H](C2)[C@@H]1C. The van der Waals surface area contributed by atoms with E-state index in [1.54, 1.807) is 12.0 Å². The van der Waals surface area contributed by atoms with Gasteiger partial charge in [-0.05, 0) is 115 Å². The minimum Gasteiger partial charge on any atom is -0.497 e. The first-order valence-corrected chi connectivity index (χ1v) is 18.3. The van der Waals surface area contributed by atoms with Gasteiger partial charge in [0.2, 0.25) is 5.91 Å². The Labute approximate surface area is 285 Å². The van der Waals surface area contributed by atoms with Gasteiger partial charge in [-0.3, -0.25) is 14.6 Å². The van der Waals surface area contributed by atoms with E-state index in [9.17, 15) is 9.59 Å². The molecule has 2 aliphatic heterocycles. The molecule has 0 unspecified atom stereocenters. The van der Waals surface area contributed by atoms with Crippen LogP contribution in [0.4, 0.5) is 4.79 Å². The Balaban J connectivity index is 0.942. The lowest BCUT2D eigenvalue weighted by atomic mass is 9.56. The van der Waals surface area contributed by atoms with Gasteiger partial charge in [0.1, 0.15) is 18.4 Å². The quantitative estimate of drug-likeness (QED) is 0.273. The molecule has 1 saturated carbocycles. The number of amides is 2. The van der Waals surface area contributed by atoms with Crippen LogP contribution in [0.2, 0.25) is 0 Å². The van der Waals surface area contributed by atoms with Crippen molar-refractivity contribution in [3.8, 4) is 16.9 Å². The van der Waals surface area contributed by atoms with Crippen LogP contribution in [0.3, 0.4) is 0 Å². The molecule has 7 nitrogen and oxygen atoms in total. The van der Waals surface area contributed by atoms with E-state index >= 15 is 0 Å². The van der Waals surface area contributed by atoms with Gasteiger partial charge in [-0.15, -0.1) is 0 Å². The molecule has 3 aromatic rings. The molecule has 5 aliphatic rings. The van der Waals surface area contributed by atoms with E-state index in [-0.39, 0.29) is 29.9 Å². The van der Waals surface area contributed by atoms with Crippen LogP contribution in [0.5, 0.6) is 5.75 Å². The number of rotatable bonds is 9. The highest BCUT2D eigenvalue weighted by atomic mass is 16.6. The van der Waals surface area contributed by atoms with Crippen LogP contribution in [-0.2, 0) is 21.4 Å². The smallest absolute Gasteiger partial charge is 0.410 e. The number of hydrogen-bond acceptors (Lipinski definition) is 5. The average molecular weight is 648 g/mol. The highest BCUT2D eigenvalue weighted by Crippen LogP contribution is 2.52. The van der Waals surface area contributed by atoms with Crippen molar-refractivity contribution in [1.82, 2.24) is 15.1 Å². The number of hydrogen-bond donors (Lipinski definition) is 1. The van der Waals surface area contributed by atoms with Crippen LogP contribution >= 0.6 is 0 Å². The Kier molecular flexibility index (Phi) is 8.44. The molecule has 2 heterocycles. The molecule has 3 aromatic carbocycles. The molecule has 0 spiro atoms. The number of nitrogens with one attached hydrogen (secondary N) is 1. The molecule has 0 aromatic heterocycles. The zero-order chi connectivity index (χ0) is 32.8. The van der Waals surface area contributed by atoms with Crippen LogP contribution in [0.1, 0.15) is 80.0 Å². The highest BCUT2D eigenvalue weighted by molar-refractivity contribution is 5.86. The Hall–Kier alpha value is -3.84. The van der Waals surface area contributed by atoms with Crippen LogP contribution in [0.25, 0.3) is 11.1 Å². The number of methoxy groups -OCH3 is 1. The first-order chi connectivity index (χ1) is 23.5. The standard InChI is InChI=1S/C41H49N3O4/c1-27-38-23-29-16-17-30(47-2)24-36(29)41(27,19-22-43(38)25-28-14-15-28)18-20-42-39(45)37-13-7-8-21-44(37)40(46)48-26-35-33-11-5-3-9-31(33)32-10-4-6-12-34(32)35/h3-6,9-12,16-17,24,27-28,35,37-38H,7-8,13-15,18-23,25-26H2,1-2H3,(H,42,45)/t27-,37-,38+,41+/m0/s1. The van der Waals surface area contributed by atoms with Gasteiger partial charge >= 0.3 is 6.09 Å². The zero-order valence-corrected chi connectivity index (χ0v) is 28.5. The lowest BCUT2D eigenvalue weighted by Crippen LogP contribution is -2.60. The number of fused-ring (bicyclic) bond motifs is 7. The summed E-state index contributed by atoms with van der Waals surface area (Å²) in [4.78, 5) is 31.9. The summed E-state index contributed by atoms with van der Waals surface area (Å²) in [7, 11) is 1.74. The first kappa shape index (κ1) is 31.4. The number of benzene rings is 3. The first-order valence-electron chi connectivity index (χ1n) is 18.3. The summed E-state index contributed by atoms with van der Waals surface area (Å²) < 4.78 is 11.7. The minimum absolute atomic E-state index is 0.00354. The van der Waals surface area contributed by atoms with E-state index in [1.165, 1.54) is 52.8 Å². The number of carbonyl (C=O) groups excluding carboxylic acids is 2. The van der Waals surface area contributed by atoms with Gasteiger partial charge in [0.15, 0.2) is 0 Å². The molecule has 1 N–H and O–H groups in total. The Morgan fingerprint density at radius 3 is 2.42 bits per heavy atom. The molecular weight excluding hydrogens is 598 g/mol. The maximum absolute atomic E-state index is 13.8. The van der Waals surface area contributed by atoms with Gasteiger partial charge in [-0.2, -0.15) is 0 Å². The van der Waals surface area contributed by atoms with E-state index in [0.717, 1.165) is 50.3 Å². The fourth-order valence-electron chi connectivity index (χ4n) is 9.63. The van der Waals surface area contributed by atoms with Crippen molar-refractivity contribution in [2.75, 3.05) is 39.9 Å². The topological polar surface area (TPSA) is 71.1 Å². The Morgan fingerprint density at radius 1 is 0.938 bits per heavy atom. The lowest BCUT2D eigenvalue weighted by Gasteiger charge is -2.56. The molecule has 2 amide bonds. The fraction of sp³-hybridized carbons (Fsp3) is 0.512. The second-order valence-corrected chi connectivity index (χ2v) is 15.0. The van der Waals surface area contributed by atoms with Gasteiger partial charge in [0.25, 0.3) is 0 Å². The van der Waals surface area contributed by atoms with Crippen molar-refractivity contribution in [3.05, 3.63) is 89.0 Å². The predicted octanol–water partition coefficient (Wildman–Crippen LogP) is 6.92. The Bertz CT molecular complexity index is 1640. The number of nitrogens with zero attached hydrogens (tertiary/aromatic N) is 2. The molecule has 3 fully saturated rings.